The summed E-state index contributed by atoms with van der Waals surface area (Å²) < 4.78 is 0. The molecule has 0 saturated heterocycles. The summed E-state index contributed by atoms with van der Waals surface area (Å²) in [6.07, 6.45) is 0. The normalized spacial score (nSPS) is 11.2. The second-order valence-corrected chi connectivity index (χ2v) is 4.50. The van der Waals surface area contributed by atoms with E-state index >= 15 is 0 Å². The highest BCUT2D eigenvalue weighted by Gasteiger charge is 2.12. The summed E-state index contributed by atoms with van der Waals surface area (Å²) in [6, 6.07) is 4.86. The molecule has 0 fully saturated rings. The van der Waals surface area contributed by atoms with E-state index < -0.39 is 11.6 Å². The maximum absolute atomic E-state index is 10.7. The number of anilines is 1. The van der Waals surface area contributed by atoms with Crippen molar-refractivity contribution < 1.29 is 15.0 Å². The van der Waals surface area contributed by atoms with Crippen LogP contribution in [-0.4, -0.2) is 28.3 Å². The summed E-state index contributed by atoms with van der Waals surface area (Å²) in [5.41, 5.74) is 1.17. The largest absolute Gasteiger partial charge is 0.478 e. The number of carboxylic acids is 1. The maximum Gasteiger partial charge on any atom is 0.335 e. The lowest BCUT2D eigenvalue weighted by Gasteiger charge is -2.19. The van der Waals surface area contributed by atoms with Crippen LogP contribution in [0.5, 0.6) is 0 Å². The van der Waals surface area contributed by atoms with Crippen molar-refractivity contribution in [1.29, 1.82) is 0 Å². The van der Waals surface area contributed by atoms with Crippen LogP contribution >= 0.6 is 0 Å². The molecule has 1 aromatic rings. The predicted octanol–water partition coefficient (Wildman–Crippen LogP) is 1.88. The Labute approximate surface area is 94.9 Å². The van der Waals surface area contributed by atoms with Gasteiger partial charge in [-0.2, -0.15) is 0 Å². The van der Waals surface area contributed by atoms with E-state index in [1.54, 1.807) is 32.0 Å². The summed E-state index contributed by atoms with van der Waals surface area (Å²) in [6.45, 7) is 5.67. The number of aromatic carboxylic acids is 1. The topological polar surface area (TPSA) is 69.6 Å². The van der Waals surface area contributed by atoms with Gasteiger partial charge in [-0.1, -0.05) is 0 Å². The van der Waals surface area contributed by atoms with E-state index in [9.17, 15) is 9.90 Å². The van der Waals surface area contributed by atoms with Crippen molar-refractivity contribution in [3.8, 4) is 0 Å². The highest BCUT2D eigenvalue weighted by molar-refractivity contribution is 5.88. The number of benzene rings is 1. The van der Waals surface area contributed by atoms with Gasteiger partial charge in [-0.05, 0) is 44.5 Å². The van der Waals surface area contributed by atoms with Gasteiger partial charge in [-0.25, -0.2) is 4.79 Å². The van der Waals surface area contributed by atoms with Gasteiger partial charge in [0.25, 0.3) is 0 Å². The van der Waals surface area contributed by atoms with E-state index in [0.717, 1.165) is 11.3 Å². The zero-order valence-corrected chi connectivity index (χ0v) is 9.74. The van der Waals surface area contributed by atoms with Crippen molar-refractivity contribution in [2.45, 2.75) is 26.4 Å². The smallest absolute Gasteiger partial charge is 0.335 e. The Hall–Kier alpha value is -1.55. The van der Waals surface area contributed by atoms with E-state index in [0.29, 0.717) is 6.54 Å². The van der Waals surface area contributed by atoms with Crippen molar-refractivity contribution in [2.24, 2.45) is 0 Å². The molecule has 0 heterocycles. The molecular weight excluding hydrogens is 206 g/mol. The fourth-order valence-corrected chi connectivity index (χ4v) is 1.31. The molecule has 3 N–H and O–H groups in total. The molecular formula is C12H17NO3. The Morgan fingerprint density at radius 3 is 2.50 bits per heavy atom. The average molecular weight is 223 g/mol. The maximum atomic E-state index is 10.7. The Morgan fingerprint density at radius 2 is 2.06 bits per heavy atom. The van der Waals surface area contributed by atoms with Crippen LogP contribution in [0.1, 0.15) is 29.8 Å². The summed E-state index contributed by atoms with van der Waals surface area (Å²) >= 11 is 0. The number of nitrogens with one attached hydrogen (secondary N) is 1. The molecule has 0 amide bonds. The molecule has 0 saturated carbocycles. The molecule has 0 unspecified atom stereocenters. The molecule has 0 aliphatic heterocycles. The third kappa shape index (κ3) is 3.55. The molecule has 0 spiro atoms. The fraction of sp³-hybridized carbons (Fsp3) is 0.417. The first-order valence-corrected chi connectivity index (χ1v) is 5.10. The van der Waals surface area contributed by atoms with Crippen molar-refractivity contribution in [1.82, 2.24) is 0 Å². The van der Waals surface area contributed by atoms with Crippen LogP contribution < -0.4 is 5.32 Å². The van der Waals surface area contributed by atoms with Crippen LogP contribution in [0.4, 0.5) is 5.69 Å². The van der Waals surface area contributed by atoms with Gasteiger partial charge in [-0.3, -0.25) is 0 Å². The summed E-state index contributed by atoms with van der Waals surface area (Å²) in [7, 11) is 0. The van der Waals surface area contributed by atoms with Crippen LogP contribution in [0, 0.1) is 6.92 Å². The summed E-state index contributed by atoms with van der Waals surface area (Å²) in [5, 5.41) is 21.4. The van der Waals surface area contributed by atoms with E-state index in [-0.39, 0.29) is 5.56 Å². The number of aliphatic hydroxyl groups is 1. The Balaban J connectivity index is 2.80. The predicted molar refractivity (Wildman–Crippen MR) is 62.9 cm³/mol. The van der Waals surface area contributed by atoms with E-state index in [1.807, 2.05) is 6.92 Å². The molecule has 0 atom stereocenters. The Bertz CT molecular complexity index is 394. The first kappa shape index (κ1) is 12.5. The Morgan fingerprint density at radius 1 is 1.44 bits per heavy atom. The van der Waals surface area contributed by atoms with Crippen LogP contribution in [0.15, 0.2) is 18.2 Å². The number of aryl methyl sites for hydroxylation is 1. The molecule has 0 aromatic heterocycles. The van der Waals surface area contributed by atoms with Crippen LogP contribution in [-0.2, 0) is 0 Å². The molecule has 0 radical (unpaired) electrons. The third-order valence-electron chi connectivity index (χ3n) is 2.18. The summed E-state index contributed by atoms with van der Waals surface area (Å²) in [5.74, 6) is -0.933. The Kier molecular flexibility index (Phi) is 3.55. The van der Waals surface area contributed by atoms with Gasteiger partial charge in [0.15, 0.2) is 0 Å². The van der Waals surface area contributed by atoms with Crippen molar-refractivity contribution in [2.75, 3.05) is 11.9 Å². The van der Waals surface area contributed by atoms with Crippen LogP contribution in [0.25, 0.3) is 0 Å². The SMILES string of the molecule is Cc1cc(C(=O)O)ccc1NCC(C)(C)O. The fourth-order valence-electron chi connectivity index (χ4n) is 1.31. The van der Waals surface area contributed by atoms with E-state index in [4.69, 9.17) is 5.11 Å². The molecule has 88 valence electrons. The summed E-state index contributed by atoms with van der Waals surface area (Å²) in [4.78, 5) is 10.7. The molecule has 1 aromatic carbocycles. The van der Waals surface area contributed by atoms with Gasteiger partial charge in [0.1, 0.15) is 0 Å². The number of carbonyl (C=O) groups is 1. The molecule has 4 nitrogen and oxygen atoms in total. The van der Waals surface area contributed by atoms with Gasteiger partial charge < -0.3 is 15.5 Å². The molecule has 16 heavy (non-hydrogen) atoms. The number of hydrogen-bond acceptors (Lipinski definition) is 3. The van der Waals surface area contributed by atoms with Gasteiger partial charge in [0.2, 0.25) is 0 Å². The monoisotopic (exact) mass is 223 g/mol. The van der Waals surface area contributed by atoms with Crippen molar-refractivity contribution in [3.63, 3.8) is 0 Å². The minimum Gasteiger partial charge on any atom is -0.478 e. The lowest BCUT2D eigenvalue weighted by atomic mass is 10.1. The second kappa shape index (κ2) is 4.53. The number of hydrogen-bond donors (Lipinski definition) is 3. The van der Waals surface area contributed by atoms with Crippen LogP contribution in [0.3, 0.4) is 0 Å². The highest BCUT2D eigenvalue weighted by atomic mass is 16.4. The van der Waals surface area contributed by atoms with Crippen molar-refractivity contribution >= 4 is 11.7 Å². The standard InChI is InChI=1S/C12H17NO3/c1-8-6-9(11(14)15)4-5-10(8)13-7-12(2,3)16/h4-6,13,16H,7H2,1-3H3,(H,14,15). The molecule has 1 rings (SSSR count). The lowest BCUT2D eigenvalue weighted by molar-refractivity contribution is 0.0696. The van der Waals surface area contributed by atoms with Gasteiger partial charge in [0.05, 0.1) is 11.2 Å². The van der Waals surface area contributed by atoms with Gasteiger partial charge >= 0.3 is 5.97 Å². The first-order chi connectivity index (χ1) is 7.29. The zero-order valence-electron chi connectivity index (χ0n) is 9.74. The lowest BCUT2D eigenvalue weighted by Crippen LogP contribution is -2.29. The molecule has 0 aliphatic carbocycles. The minimum absolute atomic E-state index is 0.270. The second-order valence-electron chi connectivity index (χ2n) is 4.50. The minimum atomic E-state index is -0.933. The van der Waals surface area contributed by atoms with Gasteiger partial charge in [-0.15, -0.1) is 0 Å². The van der Waals surface area contributed by atoms with E-state index in [2.05, 4.69) is 5.32 Å². The average Bonchev–Trinajstić information content (AvgIpc) is 2.14. The third-order valence-corrected chi connectivity index (χ3v) is 2.18. The number of rotatable bonds is 4. The van der Waals surface area contributed by atoms with Crippen molar-refractivity contribution in [3.05, 3.63) is 29.3 Å². The zero-order chi connectivity index (χ0) is 12.3. The highest BCUT2D eigenvalue weighted by Crippen LogP contribution is 2.17. The van der Waals surface area contributed by atoms with Gasteiger partial charge in [0, 0.05) is 12.2 Å². The number of carboxylic acid groups (broad SMARTS) is 1. The first-order valence-electron chi connectivity index (χ1n) is 5.10. The molecule has 0 aliphatic rings. The molecule has 4 heteroatoms. The van der Waals surface area contributed by atoms with E-state index in [1.165, 1.54) is 0 Å². The molecule has 0 bridgehead atoms. The quantitative estimate of drug-likeness (QED) is 0.729. The van der Waals surface area contributed by atoms with Crippen LogP contribution in [0.2, 0.25) is 0 Å².